The third-order valence-electron chi connectivity index (χ3n) is 4.10. The second-order valence-corrected chi connectivity index (χ2v) is 6.44. The van der Waals surface area contributed by atoms with Crippen LogP contribution in [0.1, 0.15) is 5.56 Å². The number of anilines is 2. The Morgan fingerprint density at radius 1 is 1.31 bits per heavy atom. The van der Waals surface area contributed by atoms with Crippen LogP contribution in [-0.4, -0.2) is 16.5 Å². The fourth-order valence-corrected chi connectivity index (χ4v) is 3.06. The van der Waals surface area contributed by atoms with Crippen molar-refractivity contribution in [2.75, 3.05) is 11.9 Å². The van der Waals surface area contributed by atoms with E-state index < -0.39 is 10.7 Å². The molecular formula is C21H15ClFN3O3. The minimum atomic E-state index is -0.536. The number of aromatic nitrogens is 1. The number of aryl methyl sites for hydroxylation is 1. The van der Waals surface area contributed by atoms with E-state index in [1.54, 1.807) is 18.3 Å². The molecule has 0 fully saturated rings. The monoisotopic (exact) mass is 411 g/mol. The summed E-state index contributed by atoms with van der Waals surface area (Å²) in [6.07, 6.45) is 6.71. The molecule has 29 heavy (non-hydrogen) atoms. The molecule has 1 heterocycles. The Morgan fingerprint density at radius 3 is 2.79 bits per heavy atom. The molecule has 0 unspecified atom stereocenters. The third-order valence-corrected chi connectivity index (χ3v) is 4.41. The molecular weight excluding hydrogens is 397 g/mol. The zero-order valence-electron chi connectivity index (χ0n) is 15.3. The smallest absolute Gasteiger partial charge is 0.296 e. The molecule has 6 nitrogen and oxygen atoms in total. The molecule has 3 rings (SSSR count). The molecule has 0 aliphatic carbocycles. The van der Waals surface area contributed by atoms with Crippen LogP contribution < -0.4 is 10.1 Å². The molecule has 8 heteroatoms. The zero-order valence-corrected chi connectivity index (χ0v) is 16.0. The minimum absolute atomic E-state index is 0.00339. The van der Waals surface area contributed by atoms with Gasteiger partial charge in [0.25, 0.3) is 5.69 Å². The molecule has 0 aliphatic heterocycles. The van der Waals surface area contributed by atoms with Gasteiger partial charge in [-0.15, -0.1) is 6.42 Å². The van der Waals surface area contributed by atoms with Crippen molar-refractivity contribution in [2.45, 2.75) is 6.92 Å². The standard InChI is InChI=1S/C21H15ClFN3O3/c1-3-10-29-15-5-7-18(19(12-15)26(27)28)25-21-20(13(2)8-9-24-21)16-6-4-14(23)11-17(16)22/h1,4-9,11-12H,10H2,2H3,(H,24,25). The summed E-state index contributed by atoms with van der Waals surface area (Å²) in [6, 6.07) is 10.1. The van der Waals surface area contributed by atoms with Gasteiger partial charge in [-0.2, -0.15) is 0 Å². The highest BCUT2D eigenvalue weighted by Crippen LogP contribution is 2.38. The van der Waals surface area contributed by atoms with Crippen LogP contribution in [0.15, 0.2) is 48.7 Å². The number of rotatable bonds is 6. The lowest BCUT2D eigenvalue weighted by atomic mass is 10.0. The molecule has 0 radical (unpaired) electrons. The van der Waals surface area contributed by atoms with Crippen LogP contribution in [0.3, 0.4) is 0 Å². The van der Waals surface area contributed by atoms with Crippen LogP contribution >= 0.6 is 11.6 Å². The topological polar surface area (TPSA) is 77.3 Å². The van der Waals surface area contributed by atoms with Crippen molar-refractivity contribution >= 4 is 28.8 Å². The Bertz CT molecular complexity index is 1130. The number of hydrogen-bond donors (Lipinski definition) is 1. The maximum absolute atomic E-state index is 13.5. The van der Waals surface area contributed by atoms with Gasteiger partial charge in [0.15, 0.2) is 0 Å². The largest absolute Gasteiger partial charge is 0.481 e. The first kappa shape index (κ1) is 20.1. The number of hydrogen-bond acceptors (Lipinski definition) is 5. The van der Waals surface area contributed by atoms with Crippen LogP contribution in [-0.2, 0) is 0 Å². The van der Waals surface area contributed by atoms with Crippen LogP contribution in [0.2, 0.25) is 5.02 Å². The molecule has 2 aromatic carbocycles. The second-order valence-electron chi connectivity index (χ2n) is 6.03. The lowest BCUT2D eigenvalue weighted by Crippen LogP contribution is -2.03. The molecule has 1 N–H and O–H groups in total. The van der Waals surface area contributed by atoms with E-state index in [0.29, 0.717) is 16.9 Å². The van der Waals surface area contributed by atoms with Crippen molar-refractivity contribution in [3.05, 3.63) is 75.2 Å². The number of nitro benzene ring substituents is 1. The Balaban J connectivity index is 2.07. The highest BCUT2D eigenvalue weighted by atomic mass is 35.5. The van der Waals surface area contributed by atoms with Crippen LogP contribution in [0.4, 0.5) is 21.6 Å². The van der Waals surface area contributed by atoms with E-state index in [4.69, 9.17) is 22.8 Å². The summed E-state index contributed by atoms with van der Waals surface area (Å²) in [4.78, 5) is 15.3. The predicted molar refractivity (Wildman–Crippen MR) is 110 cm³/mol. The second kappa shape index (κ2) is 8.59. The van der Waals surface area contributed by atoms with E-state index in [9.17, 15) is 14.5 Å². The van der Waals surface area contributed by atoms with Crippen molar-refractivity contribution in [1.29, 1.82) is 0 Å². The minimum Gasteiger partial charge on any atom is -0.481 e. The quantitative estimate of drug-likeness (QED) is 0.328. The van der Waals surface area contributed by atoms with Crippen molar-refractivity contribution < 1.29 is 14.1 Å². The van der Waals surface area contributed by atoms with Crippen LogP contribution in [0, 0.1) is 35.2 Å². The average Bonchev–Trinajstić information content (AvgIpc) is 2.68. The van der Waals surface area contributed by atoms with Gasteiger partial charge in [-0.05, 0) is 48.9 Å². The first-order valence-electron chi connectivity index (χ1n) is 8.43. The highest BCUT2D eigenvalue weighted by molar-refractivity contribution is 6.33. The normalized spacial score (nSPS) is 10.3. The number of ether oxygens (including phenoxy) is 1. The molecule has 0 saturated heterocycles. The van der Waals surface area contributed by atoms with E-state index in [0.717, 1.165) is 5.56 Å². The first-order valence-corrected chi connectivity index (χ1v) is 8.81. The number of benzene rings is 2. The number of pyridine rings is 1. The fraction of sp³-hybridized carbons (Fsp3) is 0.0952. The molecule has 0 saturated carbocycles. The summed E-state index contributed by atoms with van der Waals surface area (Å²) in [5.74, 6) is 2.46. The molecule has 3 aromatic rings. The summed E-state index contributed by atoms with van der Waals surface area (Å²) in [7, 11) is 0. The lowest BCUT2D eigenvalue weighted by molar-refractivity contribution is -0.384. The molecule has 0 atom stereocenters. The van der Waals surface area contributed by atoms with E-state index in [2.05, 4.69) is 16.2 Å². The van der Waals surface area contributed by atoms with E-state index in [-0.39, 0.29) is 28.8 Å². The average molecular weight is 412 g/mol. The number of halogens is 2. The summed E-state index contributed by atoms with van der Waals surface area (Å²) >= 11 is 6.23. The van der Waals surface area contributed by atoms with Crippen molar-refractivity contribution in [1.82, 2.24) is 4.98 Å². The van der Waals surface area contributed by atoms with Gasteiger partial charge in [0, 0.05) is 17.3 Å². The third kappa shape index (κ3) is 4.45. The van der Waals surface area contributed by atoms with Gasteiger partial charge in [0.1, 0.15) is 29.7 Å². The van der Waals surface area contributed by atoms with Gasteiger partial charge >= 0.3 is 0 Å². The molecule has 146 valence electrons. The SMILES string of the molecule is C#CCOc1ccc(Nc2nccc(C)c2-c2ccc(F)cc2Cl)c([N+](=O)[O-])c1. The molecule has 0 aliphatic rings. The molecule has 0 bridgehead atoms. The Hall–Kier alpha value is -3.63. The van der Waals surface area contributed by atoms with Gasteiger partial charge in [0.2, 0.25) is 0 Å². The van der Waals surface area contributed by atoms with Crippen LogP contribution in [0.5, 0.6) is 5.75 Å². The number of terminal acetylenes is 1. The Labute approximate surface area is 171 Å². The number of nitrogens with one attached hydrogen (secondary N) is 1. The first-order chi connectivity index (χ1) is 13.9. The highest BCUT2D eigenvalue weighted by Gasteiger charge is 2.19. The van der Waals surface area contributed by atoms with E-state index >= 15 is 0 Å². The van der Waals surface area contributed by atoms with Crippen LogP contribution in [0.25, 0.3) is 11.1 Å². The number of nitrogens with zero attached hydrogens (tertiary/aromatic N) is 2. The number of nitro groups is 1. The Kier molecular flexibility index (Phi) is 5.96. The molecule has 0 spiro atoms. The zero-order chi connectivity index (χ0) is 21.0. The predicted octanol–water partition coefficient (Wildman–Crippen LogP) is 5.51. The van der Waals surface area contributed by atoms with Crippen molar-refractivity contribution in [3.63, 3.8) is 0 Å². The van der Waals surface area contributed by atoms with Gasteiger partial charge in [-0.1, -0.05) is 17.5 Å². The van der Waals surface area contributed by atoms with Gasteiger partial charge in [-0.25, -0.2) is 9.37 Å². The van der Waals surface area contributed by atoms with Crippen molar-refractivity contribution in [2.24, 2.45) is 0 Å². The molecule has 1 aromatic heterocycles. The lowest BCUT2D eigenvalue weighted by Gasteiger charge is -2.15. The van der Waals surface area contributed by atoms with E-state index in [1.807, 2.05) is 6.92 Å². The van der Waals surface area contributed by atoms with Gasteiger partial charge in [0.05, 0.1) is 16.0 Å². The Morgan fingerprint density at radius 2 is 2.10 bits per heavy atom. The summed E-state index contributed by atoms with van der Waals surface area (Å²) < 4.78 is 18.7. The van der Waals surface area contributed by atoms with E-state index in [1.165, 1.54) is 30.3 Å². The molecule has 0 amide bonds. The fourth-order valence-electron chi connectivity index (χ4n) is 2.80. The van der Waals surface area contributed by atoms with Gasteiger partial charge < -0.3 is 10.1 Å². The van der Waals surface area contributed by atoms with Gasteiger partial charge in [-0.3, -0.25) is 10.1 Å². The van der Waals surface area contributed by atoms with Crippen molar-refractivity contribution in [3.8, 4) is 29.2 Å². The maximum atomic E-state index is 13.5. The summed E-state index contributed by atoms with van der Waals surface area (Å²) in [5, 5.41) is 14.7. The summed E-state index contributed by atoms with van der Waals surface area (Å²) in [5.41, 5.74) is 1.98. The maximum Gasteiger partial charge on any atom is 0.296 e. The summed E-state index contributed by atoms with van der Waals surface area (Å²) in [6.45, 7) is 1.84.